The van der Waals surface area contributed by atoms with E-state index in [1.807, 2.05) is 6.07 Å². The van der Waals surface area contributed by atoms with Crippen LogP contribution in [0, 0.1) is 0 Å². The first-order valence-corrected chi connectivity index (χ1v) is 6.11. The van der Waals surface area contributed by atoms with Crippen LogP contribution in [0.3, 0.4) is 0 Å². The molecule has 0 atom stereocenters. The summed E-state index contributed by atoms with van der Waals surface area (Å²) in [6, 6.07) is 3.50. The summed E-state index contributed by atoms with van der Waals surface area (Å²) in [5, 5.41) is 0. The Hall–Kier alpha value is -1.33. The number of hydrogen-bond donors (Lipinski definition) is 2. The summed E-state index contributed by atoms with van der Waals surface area (Å²) < 4.78 is 5.45. The molecule has 1 saturated heterocycles. The summed E-state index contributed by atoms with van der Waals surface area (Å²) in [5.74, 6) is 5.77. The highest BCUT2D eigenvalue weighted by molar-refractivity contribution is 5.90. The number of hydrogen-bond acceptors (Lipinski definition) is 4. The third kappa shape index (κ3) is 3.31. The number of carbonyl (C=O) groups is 1. The lowest BCUT2D eigenvalue weighted by molar-refractivity contribution is 0.0922. The summed E-state index contributed by atoms with van der Waals surface area (Å²) in [7, 11) is 0. The van der Waals surface area contributed by atoms with E-state index in [4.69, 9.17) is 10.3 Å². The van der Waals surface area contributed by atoms with Gasteiger partial charge in [-0.3, -0.25) is 15.1 Å². The molecule has 0 aromatic carbocycles. The molecular weight excluding hydrogens is 218 g/mol. The number of likely N-dealkylation sites (tertiary alicyclic amines) is 1. The first kappa shape index (κ1) is 12.1. The number of nitrogen functional groups attached to an aromatic ring is 1. The van der Waals surface area contributed by atoms with Crippen molar-refractivity contribution < 1.29 is 9.21 Å². The van der Waals surface area contributed by atoms with E-state index in [1.165, 1.54) is 25.7 Å². The van der Waals surface area contributed by atoms with Gasteiger partial charge in [-0.25, -0.2) is 5.84 Å². The van der Waals surface area contributed by atoms with Gasteiger partial charge >= 0.3 is 5.91 Å². The van der Waals surface area contributed by atoms with Crippen molar-refractivity contribution in [2.24, 2.45) is 5.84 Å². The monoisotopic (exact) mass is 237 g/mol. The number of furan rings is 1. The van der Waals surface area contributed by atoms with Gasteiger partial charge < -0.3 is 4.42 Å². The molecule has 0 radical (unpaired) electrons. The van der Waals surface area contributed by atoms with Crippen molar-refractivity contribution >= 4 is 5.91 Å². The Bertz CT molecular complexity index is 368. The number of nitrogens with zero attached hydrogens (tertiary/aromatic N) is 1. The van der Waals surface area contributed by atoms with Crippen LogP contribution in [0.15, 0.2) is 16.5 Å². The van der Waals surface area contributed by atoms with Crippen LogP contribution >= 0.6 is 0 Å². The van der Waals surface area contributed by atoms with Crippen LogP contribution in [0.5, 0.6) is 0 Å². The standard InChI is InChI=1S/C12H19N3O2/c13-14-12(16)11-6-5-10(17-11)9-15-7-3-1-2-4-8-15/h5-6H,1-4,7-9,13H2,(H,14,16). The Morgan fingerprint density at radius 2 is 2.00 bits per heavy atom. The Morgan fingerprint density at radius 3 is 2.65 bits per heavy atom. The maximum atomic E-state index is 11.2. The van der Waals surface area contributed by atoms with Crippen LogP contribution in [-0.4, -0.2) is 23.9 Å². The molecule has 94 valence electrons. The Morgan fingerprint density at radius 1 is 1.29 bits per heavy atom. The van der Waals surface area contributed by atoms with Gasteiger partial charge in [0.15, 0.2) is 5.76 Å². The molecule has 0 spiro atoms. The minimum Gasteiger partial charge on any atom is -0.455 e. The average Bonchev–Trinajstić information content (AvgIpc) is 2.65. The molecule has 2 rings (SSSR count). The SMILES string of the molecule is NNC(=O)c1ccc(CN2CCCCCC2)o1. The summed E-state index contributed by atoms with van der Waals surface area (Å²) in [5.41, 5.74) is 2.06. The van der Waals surface area contributed by atoms with Crippen LogP contribution in [0.4, 0.5) is 0 Å². The highest BCUT2D eigenvalue weighted by Gasteiger charge is 2.13. The van der Waals surface area contributed by atoms with E-state index in [2.05, 4.69) is 10.3 Å². The van der Waals surface area contributed by atoms with Crippen molar-refractivity contribution in [3.8, 4) is 0 Å². The van der Waals surface area contributed by atoms with E-state index in [-0.39, 0.29) is 11.7 Å². The largest absolute Gasteiger partial charge is 0.455 e. The van der Waals surface area contributed by atoms with E-state index < -0.39 is 0 Å². The molecule has 0 saturated carbocycles. The van der Waals surface area contributed by atoms with Gasteiger partial charge in [0.05, 0.1) is 6.54 Å². The zero-order chi connectivity index (χ0) is 12.1. The van der Waals surface area contributed by atoms with E-state index in [9.17, 15) is 4.79 Å². The predicted molar refractivity (Wildman–Crippen MR) is 64.1 cm³/mol. The van der Waals surface area contributed by atoms with E-state index in [0.29, 0.717) is 0 Å². The molecule has 0 unspecified atom stereocenters. The van der Waals surface area contributed by atoms with Gasteiger partial charge in [0.25, 0.3) is 0 Å². The third-order valence-corrected chi connectivity index (χ3v) is 3.09. The van der Waals surface area contributed by atoms with E-state index in [1.54, 1.807) is 6.07 Å². The molecule has 1 aliphatic rings. The molecule has 0 aliphatic carbocycles. The fourth-order valence-corrected chi connectivity index (χ4v) is 2.17. The zero-order valence-electron chi connectivity index (χ0n) is 9.95. The lowest BCUT2D eigenvalue weighted by Crippen LogP contribution is -2.29. The lowest BCUT2D eigenvalue weighted by atomic mass is 10.2. The number of carbonyl (C=O) groups excluding carboxylic acids is 1. The highest BCUT2D eigenvalue weighted by Crippen LogP contribution is 2.15. The predicted octanol–water partition coefficient (Wildman–Crippen LogP) is 1.26. The summed E-state index contributed by atoms with van der Waals surface area (Å²) in [6.07, 6.45) is 5.12. The maximum Gasteiger partial charge on any atom is 0.300 e. The maximum absolute atomic E-state index is 11.2. The van der Waals surface area contributed by atoms with Crippen molar-refractivity contribution in [1.29, 1.82) is 0 Å². The average molecular weight is 237 g/mol. The van der Waals surface area contributed by atoms with Gasteiger partial charge in [-0.1, -0.05) is 12.8 Å². The summed E-state index contributed by atoms with van der Waals surface area (Å²) in [4.78, 5) is 13.6. The lowest BCUT2D eigenvalue weighted by Gasteiger charge is -2.17. The molecule has 5 heteroatoms. The number of hydrazine groups is 1. The Labute approximate surface area is 101 Å². The first-order chi connectivity index (χ1) is 8.29. The molecule has 0 bridgehead atoms. The van der Waals surface area contributed by atoms with Crippen molar-refractivity contribution in [2.75, 3.05) is 13.1 Å². The fraction of sp³-hybridized carbons (Fsp3) is 0.583. The molecule has 1 aromatic rings. The van der Waals surface area contributed by atoms with Gasteiger partial charge in [-0.15, -0.1) is 0 Å². The second kappa shape index (κ2) is 5.84. The second-order valence-electron chi connectivity index (χ2n) is 4.43. The number of amides is 1. The minimum absolute atomic E-state index is 0.275. The molecule has 5 nitrogen and oxygen atoms in total. The number of rotatable bonds is 3. The van der Waals surface area contributed by atoms with Gasteiger partial charge in [0, 0.05) is 0 Å². The van der Waals surface area contributed by atoms with Crippen LogP contribution < -0.4 is 11.3 Å². The zero-order valence-corrected chi connectivity index (χ0v) is 9.95. The summed E-state index contributed by atoms with van der Waals surface area (Å²) in [6.45, 7) is 3.00. The first-order valence-electron chi connectivity index (χ1n) is 6.11. The molecule has 1 aromatic heterocycles. The fourth-order valence-electron chi connectivity index (χ4n) is 2.17. The van der Waals surface area contributed by atoms with Gasteiger partial charge in [-0.2, -0.15) is 0 Å². The third-order valence-electron chi connectivity index (χ3n) is 3.09. The summed E-state index contributed by atoms with van der Waals surface area (Å²) >= 11 is 0. The van der Waals surface area contributed by atoms with Crippen LogP contribution in [0.2, 0.25) is 0 Å². The van der Waals surface area contributed by atoms with E-state index >= 15 is 0 Å². The molecule has 1 amide bonds. The Balaban J connectivity index is 1.93. The van der Waals surface area contributed by atoms with E-state index in [0.717, 1.165) is 25.4 Å². The number of nitrogens with one attached hydrogen (secondary N) is 1. The molecule has 3 N–H and O–H groups in total. The van der Waals surface area contributed by atoms with Gasteiger partial charge in [-0.05, 0) is 38.1 Å². The Kier molecular flexibility index (Phi) is 4.17. The van der Waals surface area contributed by atoms with Crippen LogP contribution in [0.1, 0.15) is 42.0 Å². The topological polar surface area (TPSA) is 71.5 Å². The van der Waals surface area contributed by atoms with Crippen LogP contribution in [0.25, 0.3) is 0 Å². The molecule has 1 aliphatic heterocycles. The molecule has 2 heterocycles. The van der Waals surface area contributed by atoms with Crippen LogP contribution in [-0.2, 0) is 6.54 Å². The molecule has 1 fully saturated rings. The second-order valence-corrected chi connectivity index (χ2v) is 4.43. The normalized spacial score (nSPS) is 17.7. The smallest absolute Gasteiger partial charge is 0.300 e. The molecular formula is C12H19N3O2. The van der Waals surface area contributed by atoms with Gasteiger partial charge in [0.1, 0.15) is 5.76 Å². The van der Waals surface area contributed by atoms with Crippen molar-refractivity contribution in [3.05, 3.63) is 23.7 Å². The van der Waals surface area contributed by atoms with Crippen molar-refractivity contribution in [2.45, 2.75) is 32.2 Å². The quantitative estimate of drug-likeness (QED) is 0.471. The highest BCUT2D eigenvalue weighted by atomic mass is 16.4. The molecule has 17 heavy (non-hydrogen) atoms. The van der Waals surface area contributed by atoms with Crippen molar-refractivity contribution in [1.82, 2.24) is 10.3 Å². The minimum atomic E-state index is -0.382. The number of nitrogens with two attached hydrogens (primary N) is 1. The van der Waals surface area contributed by atoms with Crippen molar-refractivity contribution in [3.63, 3.8) is 0 Å². The van der Waals surface area contributed by atoms with Gasteiger partial charge in [0.2, 0.25) is 0 Å².